The molecule has 0 saturated carbocycles. The van der Waals surface area contributed by atoms with Gasteiger partial charge in [0, 0.05) is 11.5 Å². The smallest absolute Gasteiger partial charge is 0.338 e. The van der Waals surface area contributed by atoms with E-state index in [1.165, 1.54) is 6.07 Å². The summed E-state index contributed by atoms with van der Waals surface area (Å²) in [7, 11) is 0. The molecule has 1 rings (SSSR count). The normalized spacial score (nSPS) is 11.9. The molecule has 1 aromatic carbocycles. The third kappa shape index (κ3) is 3.09. The van der Waals surface area contributed by atoms with E-state index in [9.17, 15) is 9.90 Å². The van der Waals surface area contributed by atoms with Gasteiger partial charge in [-0.15, -0.1) is 0 Å². The number of phenols is 1. The lowest BCUT2D eigenvalue weighted by molar-refractivity contribution is 0.0526. The van der Waals surface area contributed by atoms with Gasteiger partial charge in [-0.25, -0.2) is 4.79 Å². The van der Waals surface area contributed by atoms with Crippen LogP contribution in [0.1, 0.15) is 42.6 Å². The lowest BCUT2D eigenvalue weighted by Crippen LogP contribution is -2.06. The Morgan fingerprint density at radius 1 is 1.53 bits per heavy atom. The van der Waals surface area contributed by atoms with E-state index in [1.54, 1.807) is 19.1 Å². The largest absolute Gasteiger partial charge is 0.508 e. The molecular formula is C14H18O3. The number of aromatic hydroxyl groups is 1. The first-order chi connectivity index (χ1) is 7.97. The first-order valence-corrected chi connectivity index (χ1v) is 5.62. The summed E-state index contributed by atoms with van der Waals surface area (Å²) < 4.78 is 4.92. The summed E-state index contributed by atoms with van der Waals surface area (Å²) in [4.78, 5) is 11.6. The van der Waals surface area contributed by atoms with Crippen LogP contribution in [0.2, 0.25) is 0 Å². The van der Waals surface area contributed by atoms with Crippen LogP contribution in [0.25, 0.3) is 0 Å². The predicted molar refractivity (Wildman–Crippen MR) is 67.3 cm³/mol. The first-order valence-electron chi connectivity index (χ1n) is 5.62. The SMILES string of the molecule is C=C(C)[C@@H](C)c1cc(C(=O)OCC)ccc1O. The van der Waals surface area contributed by atoms with Crippen molar-refractivity contribution in [1.29, 1.82) is 0 Å². The average Bonchev–Trinajstić information content (AvgIpc) is 2.28. The predicted octanol–water partition coefficient (Wildman–Crippen LogP) is 3.25. The van der Waals surface area contributed by atoms with Crippen molar-refractivity contribution in [2.24, 2.45) is 0 Å². The average molecular weight is 234 g/mol. The minimum absolute atomic E-state index is 0.00405. The Hall–Kier alpha value is -1.77. The van der Waals surface area contributed by atoms with Gasteiger partial charge in [-0.2, -0.15) is 0 Å². The Morgan fingerprint density at radius 3 is 2.71 bits per heavy atom. The molecule has 0 aromatic heterocycles. The number of hydrogen-bond acceptors (Lipinski definition) is 3. The molecule has 0 radical (unpaired) electrons. The first kappa shape index (κ1) is 13.3. The van der Waals surface area contributed by atoms with Crippen LogP contribution in [0.15, 0.2) is 30.4 Å². The van der Waals surface area contributed by atoms with Crippen LogP contribution in [0, 0.1) is 0 Å². The summed E-state index contributed by atoms with van der Waals surface area (Å²) >= 11 is 0. The number of rotatable bonds is 4. The van der Waals surface area contributed by atoms with Gasteiger partial charge in [0.05, 0.1) is 12.2 Å². The van der Waals surface area contributed by atoms with E-state index in [0.717, 1.165) is 5.57 Å². The van der Waals surface area contributed by atoms with Crippen LogP contribution >= 0.6 is 0 Å². The fourth-order valence-corrected chi connectivity index (χ4v) is 1.51. The molecule has 0 aliphatic heterocycles. The third-order valence-electron chi connectivity index (χ3n) is 2.74. The Balaban J connectivity index is 3.10. The van der Waals surface area contributed by atoms with E-state index in [0.29, 0.717) is 17.7 Å². The van der Waals surface area contributed by atoms with E-state index < -0.39 is 0 Å². The maximum Gasteiger partial charge on any atom is 0.338 e. The van der Waals surface area contributed by atoms with Crippen molar-refractivity contribution in [3.05, 3.63) is 41.5 Å². The number of carbonyl (C=O) groups excluding carboxylic acids is 1. The highest BCUT2D eigenvalue weighted by atomic mass is 16.5. The van der Waals surface area contributed by atoms with Crippen LogP contribution in [0.3, 0.4) is 0 Å². The lowest BCUT2D eigenvalue weighted by Gasteiger charge is -2.14. The Labute approximate surface area is 102 Å². The fourth-order valence-electron chi connectivity index (χ4n) is 1.51. The number of allylic oxidation sites excluding steroid dienone is 1. The molecule has 3 nitrogen and oxygen atoms in total. The van der Waals surface area contributed by atoms with Gasteiger partial charge in [0.1, 0.15) is 5.75 Å². The number of ether oxygens (including phenoxy) is 1. The minimum Gasteiger partial charge on any atom is -0.508 e. The van der Waals surface area contributed by atoms with Gasteiger partial charge in [0.25, 0.3) is 0 Å². The molecule has 0 spiro atoms. The number of carbonyl (C=O) groups is 1. The molecule has 92 valence electrons. The molecule has 1 N–H and O–H groups in total. The Bertz CT molecular complexity index is 435. The molecule has 1 atom stereocenters. The zero-order valence-corrected chi connectivity index (χ0v) is 10.5. The lowest BCUT2D eigenvalue weighted by atomic mass is 9.93. The molecule has 0 bridgehead atoms. The van der Waals surface area contributed by atoms with E-state index >= 15 is 0 Å². The summed E-state index contributed by atoms with van der Waals surface area (Å²) in [6.45, 7) is 9.78. The summed E-state index contributed by atoms with van der Waals surface area (Å²) in [5.41, 5.74) is 2.08. The van der Waals surface area contributed by atoms with Crippen molar-refractivity contribution in [2.45, 2.75) is 26.7 Å². The summed E-state index contributed by atoms with van der Waals surface area (Å²) in [6, 6.07) is 4.73. The van der Waals surface area contributed by atoms with E-state index in [-0.39, 0.29) is 17.6 Å². The fraction of sp³-hybridized carbons (Fsp3) is 0.357. The number of hydrogen-bond donors (Lipinski definition) is 1. The van der Waals surface area contributed by atoms with Gasteiger partial charge in [-0.05, 0) is 32.0 Å². The summed E-state index contributed by atoms with van der Waals surface area (Å²) in [5, 5.41) is 9.77. The molecule has 0 saturated heterocycles. The highest BCUT2D eigenvalue weighted by Crippen LogP contribution is 2.30. The van der Waals surface area contributed by atoms with Crippen LogP contribution < -0.4 is 0 Å². The third-order valence-corrected chi connectivity index (χ3v) is 2.74. The molecule has 3 heteroatoms. The second kappa shape index (κ2) is 5.53. The minimum atomic E-state index is -0.373. The van der Waals surface area contributed by atoms with Crippen molar-refractivity contribution in [1.82, 2.24) is 0 Å². The maximum absolute atomic E-state index is 11.6. The maximum atomic E-state index is 11.6. The second-order valence-electron chi connectivity index (χ2n) is 4.06. The highest BCUT2D eigenvalue weighted by Gasteiger charge is 2.15. The van der Waals surface area contributed by atoms with E-state index in [4.69, 9.17) is 4.74 Å². The monoisotopic (exact) mass is 234 g/mol. The van der Waals surface area contributed by atoms with Gasteiger partial charge in [0.2, 0.25) is 0 Å². The van der Waals surface area contributed by atoms with Crippen LogP contribution in [-0.4, -0.2) is 17.7 Å². The van der Waals surface area contributed by atoms with Crippen molar-refractivity contribution >= 4 is 5.97 Å². The van der Waals surface area contributed by atoms with E-state index in [2.05, 4.69) is 6.58 Å². The van der Waals surface area contributed by atoms with Crippen molar-refractivity contribution in [2.75, 3.05) is 6.61 Å². The van der Waals surface area contributed by atoms with E-state index in [1.807, 2.05) is 13.8 Å². The molecule has 0 unspecified atom stereocenters. The summed E-state index contributed by atoms with van der Waals surface area (Å²) in [6.07, 6.45) is 0. The molecule has 1 aromatic rings. The number of esters is 1. The van der Waals surface area contributed by atoms with Gasteiger partial charge >= 0.3 is 5.97 Å². The van der Waals surface area contributed by atoms with Crippen LogP contribution in [0.5, 0.6) is 5.75 Å². The number of phenolic OH excluding ortho intramolecular Hbond substituents is 1. The highest BCUT2D eigenvalue weighted by molar-refractivity contribution is 5.90. The van der Waals surface area contributed by atoms with Gasteiger partial charge in [0.15, 0.2) is 0 Å². The van der Waals surface area contributed by atoms with Gasteiger partial charge < -0.3 is 9.84 Å². The van der Waals surface area contributed by atoms with Crippen molar-refractivity contribution < 1.29 is 14.6 Å². The zero-order chi connectivity index (χ0) is 13.0. The molecule has 0 aliphatic carbocycles. The molecule has 0 heterocycles. The zero-order valence-electron chi connectivity index (χ0n) is 10.5. The van der Waals surface area contributed by atoms with Crippen LogP contribution in [-0.2, 0) is 4.74 Å². The van der Waals surface area contributed by atoms with Crippen LogP contribution in [0.4, 0.5) is 0 Å². The quantitative estimate of drug-likeness (QED) is 0.642. The second-order valence-corrected chi connectivity index (χ2v) is 4.06. The van der Waals surface area contributed by atoms with Gasteiger partial charge in [-0.1, -0.05) is 19.1 Å². The Kier molecular flexibility index (Phi) is 4.32. The molecule has 0 amide bonds. The Morgan fingerprint density at radius 2 is 2.18 bits per heavy atom. The van der Waals surface area contributed by atoms with Crippen molar-refractivity contribution in [3.8, 4) is 5.75 Å². The van der Waals surface area contributed by atoms with Crippen molar-refractivity contribution in [3.63, 3.8) is 0 Å². The van der Waals surface area contributed by atoms with Gasteiger partial charge in [-0.3, -0.25) is 0 Å². The summed E-state index contributed by atoms with van der Waals surface area (Å²) in [5.74, 6) is -0.194. The standard InChI is InChI=1S/C14H18O3/c1-5-17-14(16)11-6-7-13(15)12(8-11)10(4)9(2)3/h6-8,10,15H,2,5H2,1,3-4H3/t10-/m1/s1. The molecule has 0 fully saturated rings. The topological polar surface area (TPSA) is 46.5 Å². The number of benzene rings is 1. The molecule has 17 heavy (non-hydrogen) atoms. The molecule has 0 aliphatic rings. The molecular weight excluding hydrogens is 216 g/mol.